The summed E-state index contributed by atoms with van der Waals surface area (Å²) in [5, 5.41) is 2.54. The van der Waals surface area contributed by atoms with Gasteiger partial charge in [-0.3, -0.25) is 4.79 Å². The Morgan fingerprint density at radius 1 is 1.21 bits per heavy atom. The molecule has 0 aromatic heterocycles. The summed E-state index contributed by atoms with van der Waals surface area (Å²) in [6, 6.07) is 8.02. The molecule has 3 nitrogen and oxygen atoms in total. The number of unbranched alkanes of at least 4 members (excludes halogenated alkanes) is 1. The highest BCUT2D eigenvalue weighted by atomic mass is 19.4. The monoisotopic (exact) mass is 274 g/mol. The first-order valence-corrected chi connectivity index (χ1v) is 6.05. The number of amides is 1. The fourth-order valence-electron chi connectivity index (χ4n) is 1.58. The van der Waals surface area contributed by atoms with Gasteiger partial charge < -0.3 is 11.1 Å². The Bertz CT molecular complexity index is 393. The van der Waals surface area contributed by atoms with Gasteiger partial charge in [0.25, 0.3) is 0 Å². The molecule has 1 aromatic rings. The molecule has 0 radical (unpaired) electrons. The molecule has 1 amide bonds. The van der Waals surface area contributed by atoms with Crippen LogP contribution in [0.4, 0.5) is 13.2 Å². The standard InChI is InChI=1S/C13H17F3N2O/c14-13(15,16)8-4-5-9-18-12(19)11(17)10-6-2-1-3-7-10/h1-3,6-7,11H,4-5,8-9,17H2,(H,18,19)/t11-/m1/s1. The summed E-state index contributed by atoms with van der Waals surface area (Å²) in [6.45, 7) is 0.204. The summed E-state index contributed by atoms with van der Waals surface area (Å²) in [7, 11) is 0. The minimum atomic E-state index is -4.13. The molecule has 0 saturated heterocycles. The van der Waals surface area contributed by atoms with E-state index in [1.807, 2.05) is 6.07 Å². The summed E-state index contributed by atoms with van der Waals surface area (Å²) < 4.78 is 35.7. The highest BCUT2D eigenvalue weighted by Crippen LogP contribution is 2.21. The first-order chi connectivity index (χ1) is 8.90. The van der Waals surface area contributed by atoms with E-state index in [-0.39, 0.29) is 25.3 Å². The molecule has 106 valence electrons. The van der Waals surface area contributed by atoms with Crippen LogP contribution < -0.4 is 11.1 Å². The van der Waals surface area contributed by atoms with Crippen molar-refractivity contribution in [2.45, 2.75) is 31.5 Å². The number of hydrogen-bond acceptors (Lipinski definition) is 2. The highest BCUT2D eigenvalue weighted by molar-refractivity contribution is 5.82. The fourth-order valence-corrected chi connectivity index (χ4v) is 1.58. The minimum absolute atomic E-state index is 0.00432. The second kappa shape index (κ2) is 7.13. The molecule has 0 heterocycles. The van der Waals surface area contributed by atoms with E-state index in [1.165, 1.54) is 0 Å². The Morgan fingerprint density at radius 3 is 2.42 bits per heavy atom. The predicted octanol–water partition coefficient (Wildman–Crippen LogP) is 2.54. The molecule has 0 saturated carbocycles. The average molecular weight is 274 g/mol. The zero-order chi connectivity index (χ0) is 14.3. The van der Waals surface area contributed by atoms with Gasteiger partial charge in [0.15, 0.2) is 0 Å². The van der Waals surface area contributed by atoms with Crippen molar-refractivity contribution in [1.29, 1.82) is 0 Å². The number of carbonyl (C=O) groups excluding carboxylic acids is 1. The molecule has 0 fully saturated rings. The van der Waals surface area contributed by atoms with Crippen molar-refractivity contribution in [1.82, 2.24) is 5.32 Å². The summed E-state index contributed by atoms with van der Waals surface area (Å²) in [6.07, 6.45) is -4.67. The lowest BCUT2D eigenvalue weighted by Gasteiger charge is -2.12. The Kier molecular flexibility index (Phi) is 5.82. The summed E-state index contributed by atoms with van der Waals surface area (Å²) in [5.41, 5.74) is 6.41. The van der Waals surface area contributed by atoms with Gasteiger partial charge in [-0.25, -0.2) is 0 Å². The average Bonchev–Trinajstić information content (AvgIpc) is 2.37. The quantitative estimate of drug-likeness (QED) is 0.783. The number of nitrogens with one attached hydrogen (secondary N) is 1. The number of alkyl halides is 3. The molecule has 19 heavy (non-hydrogen) atoms. The molecule has 0 aliphatic carbocycles. The molecule has 0 aliphatic rings. The van der Waals surface area contributed by atoms with E-state index in [0.717, 1.165) is 0 Å². The fraction of sp³-hybridized carbons (Fsp3) is 0.462. The van der Waals surface area contributed by atoms with Gasteiger partial charge in [-0.1, -0.05) is 30.3 Å². The Labute approximate surface area is 110 Å². The number of halogens is 3. The summed E-state index contributed by atoms with van der Waals surface area (Å²) in [4.78, 5) is 11.6. The molecule has 0 bridgehead atoms. The van der Waals surface area contributed by atoms with Crippen molar-refractivity contribution in [2.75, 3.05) is 6.54 Å². The predicted molar refractivity (Wildman–Crippen MR) is 66.3 cm³/mol. The van der Waals surface area contributed by atoms with Crippen molar-refractivity contribution >= 4 is 5.91 Å². The van der Waals surface area contributed by atoms with Crippen LogP contribution in [-0.4, -0.2) is 18.6 Å². The van der Waals surface area contributed by atoms with Gasteiger partial charge in [0, 0.05) is 13.0 Å². The topological polar surface area (TPSA) is 55.1 Å². The lowest BCUT2D eigenvalue weighted by atomic mass is 10.1. The van der Waals surface area contributed by atoms with E-state index in [1.54, 1.807) is 24.3 Å². The van der Waals surface area contributed by atoms with E-state index >= 15 is 0 Å². The maximum Gasteiger partial charge on any atom is 0.389 e. The van der Waals surface area contributed by atoms with Gasteiger partial charge in [-0.2, -0.15) is 13.2 Å². The molecule has 3 N–H and O–H groups in total. The molecule has 6 heteroatoms. The zero-order valence-electron chi connectivity index (χ0n) is 10.4. The normalized spacial score (nSPS) is 13.1. The number of hydrogen-bond donors (Lipinski definition) is 2. The van der Waals surface area contributed by atoms with Crippen LogP contribution in [0.3, 0.4) is 0 Å². The van der Waals surface area contributed by atoms with Crippen molar-refractivity contribution in [3.63, 3.8) is 0 Å². The van der Waals surface area contributed by atoms with Crippen molar-refractivity contribution in [3.05, 3.63) is 35.9 Å². The van der Waals surface area contributed by atoms with Gasteiger partial charge >= 0.3 is 6.18 Å². The van der Waals surface area contributed by atoms with Gasteiger partial charge in [-0.05, 0) is 18.4 Å². The largest absolute Gasteiger partial charge is 0.389 e. The Balaban J connectivity index is 2.25. The molecule has 1 aromatic carbocycles. The van der Waals surface area contributed by atoms with E-state index in [9.17, 15) is 18.0 Å². The van der Waals surface area contributed by atoms with E-state index in [4.69, 9.17) is 5.73 Å². The first-order valence-electron chi connectivity index (χ1n) is 6.05. The van der Waals surface area contributed by atoms with Crippen LogP contribution in [0.15, 0.2) is 30.3 Å². The van der Waals surface area contributed by atoms with Crippen LogP contribution in [-0.2, 0) is 4.79 Å². The molecule has 0 unspecified atom stereocenters. The zero-order valence-corrected chi connectivity index (χ0v) is 10.4. The minimum Gasteiger partial charge on any atom is -0.354 e. The van der Waals surface area contributed by atoms with Crippen molar-refractivity contribution < 1.29 is 18.0 Å². The molecular weight excluding hydrogens is 257 g/mol. The molecule has 0 spiro atoms. The smallest absolute Gasteiger partial charge is 0.354 e. The molecule has 1 atom stereocenters. The van der Waals surface area contributed by atoms with Gasteiger partial charge in [0.05, 0.1) is 0 Å². The lowest BCUT2D eigenvalue weighted by Crippen LogP contribution is -2.34. The third-order valence-corrected chi connectivity index (χ3v) is 2.63. The Hall–Kier alpha value is -1.56. The van der Waals surface area contributed by atoms with Gasteiger partial charge in [-0.15, -0.1) is 0 Å². The van der Waals surface area contributed by atoms with Crippen LogP contribution in [0.1, 0.15) is 30.9 Å². The second-order valence-electron chi connectivity index (χ2n) is 4.25. The van der Waals surface area contributed by atoms with Crippen molar-refractivity contribution in [2.24, 2.45) is 5.73 Å². The summed E-state index contributed by atoms with van der Waals surface area (Å²) >= 11 is 0. The Morgan fingerprint density at radius 2 is 1.84 bits per heavy atom. The molecule has 0 aliphatic heterocycles. The molecular formula is C13H17F3N2O. The first kappa shape index (κ1) is 15.5. The third-order valence-electron chi connectivity index (χ3n) is 2.63. The number of benzene rings is 1. The maximum absolute atomic E-state index is 11.9. The highest BCUT2D eigenvalue weighted by Gasteiger charge is 2.25. The van der Waals surface area contributed by atoms with E-state index in [2.05, 4.69) is 5.32 Å². The number of nitrogens with two attached hydrogens (primary N) is 1. The van der Waals surface area contributed by atoms with Crippen LogP contribution in [0, 0.1) is 0 Å². The maximum atomic E-state index is 11.9. The second-order valence-corrected chi connectivity index (χ2v) is 4.25. The summed E-state index contributed by atoms with van der Waals surface area (Å²) in [5.74, 6) is -0.377. The van der Waals surface area contributed by atoms with E-state index in [0.29, 0.717) is 5.56 Å². The van der Waals surface area contributed by atoms with Gasteiger partial charge in [0.2, 0.25) is 5.91 Å². The van der Waals surface area contributed by atoms with E-state index < -0.39 is 18.6 Å². The lowest BCUT2D eigenvalue weighted by molar-refractivity contribution is -0.135. The number of rotatable bonds is 6. The van der Waals surface area contributed by atoms with Crippen molar-refractivity contribution in [3.8, 4) is 0 Å². The third kappa shape index (κ3) is 6.24. The van der Waals surface area contributed by atoms with Crippen LogP contribution in [0.5, 0.6) is 0 Å². The van der Waals surface area contributed by atoms with Gasteiger partial charge in [0.1, 0.15) is 6.04 Å². The number of carbonyl (C=O) groups is 1. The van der Waals surface area contributed by atoms with Crippen LogP contribution >= 0.6 is 0 Å². The SMILES string of the molecule is N[C@@H](C(=O)NCCCCC(F)(F)F)c1ccccc1. The molecule has 1 rings (SSSR count). The van der Waals surface area contributed by atoms with Crippen LogP contribution in [0.2, 0.25) is 0 Å². The van der Waals surface area contributed by atoms with Crippen LogP contribution in [0.25, 0.3) is 0 Å².